The van der Waals surface area contributed by atoms with E-state index >= 15 is 0 Å². The summed E-state index contributed by atoms with van der Waals surface area (Å²) >= 11 is 0. The fourth-order valence-corrected chi connectivity index (χ4v) is 1.50. The maximum atomic E-state index is 10.7. The Labute approximate surface area is 90.3 Å². The maximum absolute atomic E-state index is 10.7. The van der Waals surface area contributed by atoms with Crippen LogP contribution < -0.4 is 11.1 Å². The Morgan fingerprint density at radius 3 is 2.93 bits per heavy atom. The third-order valence-electron chi connectivity index (χ3n) is 2.34. The molecule has 0 spiro atoms. The van der Waals surface area contributed by atoms with E-state index in [-0.39, 0.29) is 11.7 Å². The van der Waals surface area contributed by atoms with Crippen molar-refractivity contribution in [3.8, 4) is 0 Å². The molecule has 0 bridgehead atoms. The molecule has 1 saturated heterocycles. The Kier molecular flexibility index (Phi) is 4.07. The van der Waals surface area contributed by atoms with Gasteiger partial charge in [-0.25, -0.2) is 0 Å². The van der Waals surface area contributed by atoms with Gasteiger partial charge in [-0.15, -0.1) is 0 Å². The van der Waals surface area contributed by atoms with Crippen LogP contribution in [-0.4, -0.2) is 43.4 Å². The van der Waals surface area contributed by atoms with Gasteiger partial charge < -0.3 is 20.5 Å². The first-order valence-corrected chi connectivity index (χ1v) is 5.20. The van der Waals surface area contributed by atoms with Gasteiger partial charge in [0.25, 0.3) is 0 Å². The molecule has 2 unspecified atom stereocenters. The third-order valence-corrected chi connectivity index (χ3v) is 2.34. The maximum Gasteiger partial charge on any atom is 0.246 e. The van der Waals surface area contributed by atoms with Crippen LogP contribution in [0, 0.1) is 0 Å². The number of hydrogen-bond donors (Lipinski definition) is 2. The van der Waals surface area contributed by atoms with Crippen molar-refractivity contribution < 1.29 is 14.3 Å². The molecule has 1 fully saturated rings. The number of ether oxygens (including phenoxy) is 2. The van der Waals surface area contributed by atoms with Crippen LogP contribution in [-0.2, 0) is 14.3 Å². The summed E-state index contributed by atoms with van der Waals surface area (Å²) in [7, 11) is 0. The van der Waals surface area contributed by atoms with Gasteiger partial charge in [0.15, 0.2) is 0 Å². The lowest BCUT2D eigenvalue weighted by Gasteiger charge is -2.36. The largest absolute Gasteiger partial charge is 0.367 e. The van der Waals surface area contributed by atoms with Crippen molar-refractivity contribution in [2.75, 3.05) is 19.7 Å². The molecule has 0 aliphatic carbocycles. The smallest absolute Gasteiger partial charge is 0.246 e. The molecule has 0 saturated carbocycles. The number of primary amides is 1. The zero-order valence-electron chi connectivity index (χ0n) is 9.58. The van der Waals surface area contributed by atoms with E-state index in [1.807, 2.05) is 13.8 Å². The zero-order chi connectivity index (χ0) is 11.5. The van der Waals surface area contributed by atoms with E-state index in [1.54, 1.807) is 6.92 Å². The van der Waals surface area contributed by atoms with Gasteiger partial charge in [-0.1, -0.05) is 0 Å². The summed E-state index contributed by atoms with van der Waals surface area (Å²) < 4.78 is 11.1. The van der Waals surface area contributed by atoms with Crippen LogP contribution in [0.5, 0.6) is 0 Å². The fourth-order valence-electron chi connectivity index (χ4n) is 1.50. The summed E-state index contributed by atoms with van der Waals surface area (Å²) in [6, 6.07) is 0. The summed E-state index contributed by atoms with van der Waals surface area (Å²) in [5.41, 5.74) is 4.91. The first kappa shape index (κ1) is 12.4. The van der Waals surface area contributed by atoms with Crippen molar-refractivity contribution in [3.63, 3.8) is 0 Å². The summed E-state index contributed by atoms with van der Waals surface area (Å²) in [6.45, 7) is 7.64. The van der Waals surface area contributed by atoms with Gasteiger partial charge >= 0.3 is 0 Å². The lowest BCUT2D eigenvalue weighted by molar-refractivity contribution is -0.142. The van der Waals surface area contributed by atoms with Crippen molar-refractivity contribution >= 4 is 5.91 Å². The van der Waals surface area contributed by atoms with E-state index in [1.165, 1.54) is 0 Å². The zero-order valence-corrected chi connectivity index (χ0v) is 9.58. The molecule has 0 aromatic heterocycles. The second-order valence-corrected chi connectivity index (χ2v) is 4.51. The van der Waals surface area contributed by atoms with Crippen LogP contribution in [0.3, 0.4) is 0 Å². The standard InChI is InChI=1S/C10H20N2O3/c1-7(9(11)13)14-5-8-4-12-6-10(2,3)15-8/h7-8,12H,4-6H2,1-3H3,(H2,11,13). The second kappa shape index (κ2) is 4.92. The lowest BCUT2D eigenvalue weighted by atomic mass is 10.1. The number of amides is 1. The van der Waals surface area contributed by atoms with Gasteiger partial charge in [0.05, 0.1) is 18.3 Å². The van der Waals surface area contributed by atoms with Crippen molar-refractivity contribution in [2.45, 2.75) is 38.6 Å². The molecule has 1 heterocycles. The van der Waals surface area contributed by atoms with Crippen molar-refractivity contribution in [2.24, 2.45) is 5.73 Å². The van der Waals surface area contributed by atoms with E-state index < -0.39 is 12.0 Å². The number of nitrogens with one attached hydrogen (secondary N) is 1. The highest BCUT2D eigenvalue weighted by Gasteiger charge is 2.28. The molecular formula is C10H20N2O3. The highest BCUT2D eigenvalue weighted by atomic mass is 16.6. The molecule has 15 heavy (non-hydrogen) atoms. The minimum Gasteiger partial charge on any atom is -0.367 e. The lowest BCUT2D eigenvalue weighted by Crippen LogP contribution is -2.52. The summed E-state index contributed by atoms with van der Waals surface area (Å²) in [4.78, 5) is 10.7. The predicted molar refractivity (Wildman–Crippen MR) is 56.4 cm³/mol. The van der Waals surface area contributed by atoms with Gasteiger partial charge in [0, 0.05) is 13.1 Å². The normalized spacial score (nSPS) is 27.3. The molecule has 1 amide bonds. The molecule has 2 atom stereocenters. The molecule has 5 heteroatoms. The molecule has 1 rings (SSSR count). The first-order chi connectivity index (χ1) is 6.91. The number of nitrogens with two attached hydrogens (primary N) is 1. The van der Waals surface area contributed by atoms with Crippen molar-refractivity contribution in [1.29, 1.82) is 0 Å². The average Bonchev–Trinajstić information content (AvgIpc) is 2.12. The highest BCUT2D eigenvalue weighted by molar-refractivity contribution is 5.78. The Bertz CT molecular complexity index is 231. The molecule has 5 nitrogen and oxygen atoms in total. The molecule has 0 radical (unpaired) electrons. The van der Waals surface area contributed by atoms with Gasteiger partial charge in [-0.3, -0.25) is 4.79 Å². The van der Waals surface area contributed by atoms with Crippen LogP contribution in [0.15, 0.2) is 0 Å². The molecule has 0 aromatic rings. The summed E-state index contributed by atoms with van der Waals surface area (Å²) in [6.07, 6.45) is -0.575. The summed E-state index contributed by atoms with van der Waals surface area (Å²) in [5.74, 6) is -0.446. The molecular weight excluding hydrogens is 196 g/mol. The van der Waals surface area contributed by atoms with E-state index in [9.17, 15) is 4.79 Å². The van der Waals surface area contributed by atoms with Crippen LogP contribution in [0.25, 0.3) is 0 Å². The Morgan fingerprint density at radius 1 is 1.73 bits per heavy atom. The van der Waals surface area contributed by atoms with E-state index in [0.29, 0.717) is 6.61 Å². The second-order valence-electron chi connectivity index (χ2n) is 4.51. The molecule has 88 valence electrons. The molecule has 3 N–H and O–H groups in total. The first-order valence-electron chi connectivity index (χ1n) is 5.20. The third kappa shape index (κ3) is 4.15. The summed E-state index contributed by atoms with van der Waals surface area (Å²) in [5, 5.41) is 3.26. The molecule has 0 aromatic carbocycles. The number of rotatable bonds is 4. The number of carbonyl (C=O) groups excluding carboxylic acids is 1. The molecule has 1 aliphatic heterocycles. The van der Waals surface area contributed by atoms with E-state index in [0.717, 1.165) is 13.1 Å². The SMILES string of the molecule is CC(OCC1CNCC(C)(C)O1)C(N)=O. The van der Waals surface area contributed by atoms with Crippen LogP contribution in [0.1, 0.15) is 20.8 Å². The quantitative estimate of drug-likeness (QED) is 0.673. The van der Waals surface area contributed by atoms with E-state index in [2.05, 4.69) is 5.32 Å². The minimum absolute atomic E-state index is 0.0180. The number of morpholine rings is 1. The van der Waals surface area contributed by atoms with Gasteiger partial charge in [-0.05, 0) is 20.8 Å². The Morgan fingerprint density at radius 2 is 2.40 bits per heavy atom. The number of hydrogen-bond acceptors (Lipinski definition) is 4. The van der Waals surface area contributed by atoms with Crippen LogP contribution in [0.4, 0.5) is 0 Å². The monoisotopic (exact) mass is 216 g/mol. The van der Waals surface area contributed by atoms with Crippen molar-refractivity contribution in [3.05, 3.63) is 0 Å². The Hall–Kier alpha value is -0.650. The highest BCUT2D eigenvalue weighted by Crippen LogP contribution is 2.15. The van der Waals surface area contributed by atoms with Crippen molar-refractivity contribution in [1.82, 2.24) is 5.32 Å². The van der Waals surface area contributed by atoms with Gasteiger partial charge in [0.2, 0.25) is 5.91 Å². The topological polar surface area (TPSA) is 73.6 Å². The average molecular weight is 216 g/mol. The van der Waals surface area contributed by atoms with Crippen LogP contribution in [0.2, 0.25) is 0 Å². The fraction of sp³-hybridized carbons (Fsp3) is 0.900. The van der Waals surface area contributed by atoms with Crippen LogP contribution >= 0.6 is 0 Å². The molecule has 1 aliphatic rings. The van der Waals surface area contributed by atoms with Gasteiger partial charge in [0.1, 0.15) is 6.10 Å². The number of carbonyl (C=O) groups is 1. The van der Waals surface area contributed by atoms with E-state index in [4.69, 9.17) is 15.2 Å². The van der Waals surface area contributed by atoms with Gasteiger partial charge in [-0.2, -0.15) is 0 Å². The minimum atomic E-state index is -0.557. The Balaban J connectivity index is 2.30. The predicted octanol–water partition coefficient (Wildman–Crippen LogP) is -0.356.